The number of carboxylic acids is 1. The lowest BCUT2D eigenvalue weighted by Crippen LogP contribution is -2.54. The van der Waals surface area contributed by atoms with Crippen LogP contribution in [0.3, 0.4) is 0 Å². The van der Waals surface area contributed by atoms with Gasteiger partial charge in [-0.15, -0.1) is 0 Å². The van der Waals surface area contributed by atoms with Crippen LogP contribution in [0.5, 0.6) is 0 Å². The standard InChI is InChI=1S/C16H23NO2/c1-11-5-4-6-14(9-11)17-16(15(18)19)10-12(2)7-8-13(16)3/h4-6,9,12-13,17H,7-8,10H2,1-3H3,(H,18,19). The van der Waals surface area contributed by atoms with E-state index in [1.165, 1.54) is 0 Å². The normalized spacial score (nSPS) is 30.9. The van der Waals surface area contributed by atoms with E-state index in [1.54, 1.807) is 0 Å². The van der Waals surface area contributed by atoms with Crippen LogP contribution < -0.4 is 5.32 Å². The molecule has 0 radical (unpaired) electrons. The Morgan fingerprint density at radius 1 is 1.37 bits per heavy atom. The minimum Gasteiger partial charge on any atom is -0.479 e. The van der Waals surface area contributed by atoms with E-state index in [2.05, 4.69) is 12.2 Å². The van der Waals surface area contributed by atoms with Crippen LogP contribution in [0.4, 0.5) is 5.69 Å². The molecule has 1 aromatic rings. The summed E-state index contributed by atoms with van der Waals surface area (Å²) in [4.78, 5) is 11.9. The molecule has 1 saturated carbocycles. The minimum absolute atomic E-state index is 0.140. The summed E-state index contributed by atoms with van der Waals surface area (Å²) >= 11 is 0. The highest BCUT2D eigenvalue weighted by atomic mass is 16.4. The zero-order valence-electron chi connectivity index (χ0n) is 11.9. The Kier molecular flexibility index (Phi) is 3.83. The molecule has 1 aromatic carbocycles. The van der Waals surface area contributed by atoms with E-state index in [9.17, 15) is 9.90 Å². The molecule has 0 aromatic heterocycles. The summed E-state index contributed by atoms with van der Waals surface area (Å²) in [6, 6.07) is 7.94. The molecule has 3 atom stereocenters. The number of nitrogens with one attached hydrogen (secondary N) is 1. The first-order valence-electron chi connectivity index (χ1n) is 7.02. The Morgan fingerprint density at radius 2 is 2.11 bits per heavy atom. The fraction of sp³-hybridized carbons (Fsp3) is 0.562. The van der Waals surface area contributed by atoms with Gasteiger partial charge in [0.15, 0.2) is 0 Å². The molecule has 0 spiro atoms. The van der Waals surface area contributed by atoms with Gasteiger partial charge in [0.2, 0.25) is 0 Å². The fourth-order valence-corrected chi connectivity index (χ4v) is 3.14. The van der Waals surface area contributed by atoms with E-state index >= 15 is 0 Å². The first-order chi connectivity index (χ1) is 8.94. The van der Waals surface area contributed by atoms with Gasteiger partial charge in [0.05, 0.1) is 0 Å². The Balaban J connectivity index is 2.31. The van der Waals surface area contributed by atoms with Crippen LogP contribution in [0.2, 0.25) is 0 Å². The molecule has 1 aliphatic rings. The molecule has 104 valence electrons. The van der Waals surface area contributed by atoms with Crippen molar-refractivity contribution < 1.29 is 9.90 Å². The molecule has 2 N–H and O–H groups in total. The predicted octanol–water partition coefficient (Wildman–Crippen LogP) is 3.69. The molecule has 0 heterocycles. The van der Waals surface area contributed by atoms with Gasteiger partial charge < -0.3 is 10.4 Å². The number of hydrogen-bond acceptors (Lipinski definition) is 2. The maximum Gasteiger partial charge on any atom is 0.329 e. The summed E-state index contributed by atoms with van der Waals surface area (Å²) in [5.74, 6) is -0.139. The first-order valence-corrected chi connectivity index (χ1v) is 7.02. The molecule has 3 heteroatoms. The van der Waals surface area contributed by atoms with Gasteiger partial charge in [-0.05, 0) is 49.3 Å². The third-order valence-corrected chi connectivity index (χ3v) is 4.37. The first kappa shape index (κ1) is 13.9. The number of carbonyl (C=O) groups is 1. The van der Waals surface area contributed by atoms with E-state index in [0.29, 0.717) is 12.3 Å². The number of hydrogen-bond donors (Lipinski definition) is 2. The van der Waals surface area contributed by atoms with E-state index in [-0.39, 0.29) is 5.92 Å². The van der Waals surface area contributed by atoms with Gasteiger partial charge in [0.25, 0.3) is 0 Å². The van der Waals surface area contributed by atoms with Crippen molar-refractivity contribution in [2.45, 2.75) is 45.6 Å². The van der Waals surface area contributed by atoms with Crippen molar-refractivity contribution in [3.05, 3.63) is 29.8 Å². The number of rotatable bonds is 3. The van der Waals surface area contributed by atoms with E-state index in [0.717, 1.165) is 24.1 Å². The number of aryl methyl sites for hydroxylation is 1. The third kappa shape index (κ3) is 2.75. The lowest BCUT2D eigenvalue weighted by Gasteiger charge is -2.43. The van der Waals surface area contributed by atoms with Crippen LogP contribution in [-0.2, 0) is 4.79 Å². The molecule has 0 amide bonds. The molecule has 1 aliphatic carbocycles. The summed E-state index contributed by atoms with van der Waals surface area (Å²) in [7, 11) is 0. The van der Waals surface area contributed by atoms with E-state index in [4.69, 9.17) is 0 Å². The topological polar surface area (TPSA) is 49.3 Å². The summed E-state index contributed by atoms with van der Waals surface area (Å²) in [5, 5.41) is 13.1. The summed E-state index contributed by atoms with van der Waals surface area (Å²) in [5.41, 5.74) is 1.22. The van der Waals surface area contributed by atoms with Gasteiger partial charge in [-0.3, -0.25) is 0 Å². The van der Waals surface area contributed by atoms with E-state index in [1.807, 2.05) is 38.1 Å². The molecule has 3 unspecified atom stereocenters. The molecule has 2 rings (SSSR count). The average Bonchev–Trinajstić information content (AvgIpc) is 2.33. The van der Waals surface area contributed by atoms with Gasteiger partial charge in [-0.1, -0.05) is 32.4 Å². The van der Waals surface area contributed by atoms with Crippen molar-refractivity contribution >= 4 is 11.7 Å². The van der Waals surface area contributed by atoms with Crippen LogP contribution >= 0.6 is 0 Å². The Morgan fingerprint density at radius 3 is 2.74 bits per heavy atom. The van der Waals surface area contributed by atoms with Crippen molar-refractivity contribution in [3.8, 4) is 0 Å². The van der Waals surface area contributed by atoms with Crippen molar-refractivity contribution in [1.82, 2.24) is 0 Å². The second-order valence-corrected chi connectivity index (χ2v) is 6.06. The second-order valence-electron chi connectivity index (χ2n) is 6.06. The summed E-state index contributed by atoms with van der Waals surface area (Å²) in [6.07, 6.45) is 2.77. The Hall–Kier alpha value is -1.51. The van der Waals surface area contributed by atoms with Gasteiger partial charge in [0, 0.05) is 5.69 Å². The maximum atomic E-state index is 11.9. The number of benzene rings is 1. The summed E-state index contributed by atoms with van der Waals surface area (Å²) in [6.45, 7) is 6.20. The lowest BCUT2D eigenvalue weighted by molar-refractivity contribution is -0.146. The van der Waals surface area contributed by atoms with Gasteiger partial charge in [-0.2, -0.15) is 0 Å². The molecular formula is C16H23NO2. The highest BCUT2D eigenvalue weighted by molar-refractivity contribution is 5.83. The highest BCUT2D eigenvalue weighted by Crippen LogP contribution is 2.39. The number of carboxylic acid groups (broad SMARTS) is 1. The molecule has 3 nitrogen and oxygen atoms in total. The van der Waals surface area contributed by atoms with Crippen molar-refractivity contribution in [2.75, 3.05) is 5.32 Å². The molecule has 1 fully saturated rings. The van der Waals surface area contributed by atoms with Crippen LogP contribution in [-0.4, -0.2) is 16.6 Å². The highest BCUT2D eigenvalue weighted by Gasteiger charge is 2.47. The van der Waals surface area contributed by atoms with Crippen LogP contribution in [0, 0.1) is 18.8 Å². The van der Waals surface area contributed by atoms with Crippen LogP contribution in [0.1, 0.15) is 38.7 Å². The zero-order chi connectivity index (χ0) is 14.0. The minimum atomic E-state index is -0.828. The Labute approximate surface area is 115 Å². The smallest absolute Gasteiger partial charge is 0.329 e. The summed E-state index contributed by atoms with van der Waals surface area (Å²) < 4.78 is 0. The maximum absolute atomic E-state index is 11.9. The molecule has 0 bridgehead atoms. The Bertz CT molecular complexity index is 472. The quantitative estimate of drug-likeness (QED) is 0.872. The number of anilines is 1. The SMILES string of the molecule is Cc1cccc(NC2(C(=O)O)CC(C)CCC2C)c1. The monoisotopic (exact) mass is 261 g/mol. The van der Waals surface area contributed by atoms with Crippen molar-refractivity contribution in [1.29, 1.82) is 0 Å². The third-order valence-electron chi connectivity index (χ3n) is 4.37. The largest absolute Gasteiger partial charge is 0.479 e. The van der Waals surface area contributed by atoms with E-state index < -0.39 is 11.5 Å². The fourth-order valence-electron chi connectivity index (χ4n) is 3.14. The molecule has 0 aliphatic heterocycles. The molecular weight excluding hydrogens is 238 g/mol. The van der Waals surface area contributed by atoms with Gasteiger partial charge in [0.1, 0.15) is 5.54 Å². The van der Waals surface area contributed by atoms with Gasteiger partial charge in [-0.25, -0.2) is 4.79 Å². The van der Waals surface area contributed by atoms with Crippen LogP contribution in [0.15, 0.2) is 24.3 Å². The lowest BCUT2D eigenvalue weighted by atomic mass is 9.69. The van der Waals surface area contributed by atoms with Crippen molar-refractivity contribution in [3.63, 3.8) is 0 Å². The zero-order valence-corrected chi connectivity index (χ0v) is 11.9. The van der Waals surface area contributed by atoms with Crippen LogP contribution in [0.25, 0.3) is 0 Å². The molecule has 0 saturated heterocycles. The second kappa shape index (κ2) is 5.24. The van der Waals surface area contributed by atoms with Crippen molar-refractivity contribution in [2.24, 2.45) is 11.8 Å². The number of aliphatic carboxylic acids is 1. The van der Waals surface area contributed by atoms with Gasteiger partial charge >= 0.3 is 5.97 Å². The molecule has 19 heavy (non-hydrogen) atoms. The predicted molar refractivity (Wildman–Crippen MR) is 77.3 cm³/mol. The average molecular weight is 261 g/mol.